The molecule has 0 aliphatic rings. The van der Waals surface area contributed by atoms with Crippen LogP contribution in [0, 0.1) is 13.8 Å². The van der Waals surface area contributed by atoms with Crippen molar-refractivity contribution in [2.24, 2.45) is 5.73 Å². The first-order valence-electron chi connectivity index (χ1n) is 4.90. The van der Waals surface area contributed by atoms with Gasteiger partial charge >= 0.3 is 5.97 Å². The van der Waals surface area contributed by atoms with Gasteiger partial charge in [0.15, 0.2) is 6.10 Å². The van der Waals surface area contributed by atoms with Gasteiger partial charge in [0.1, 0.15) is 6.54 Å². The second-order valence-electron chi connectivity index (χ2n) is 3.62. The number of carbonyl (C=O) groups excluding carboxylic acids is 2. The highest BCUT2D eigenvalue weighted by molar-refractivity contribution is 5.81. The summed E-state index contributed by atoms with van der Waals surface area (Å²) < 4.78 is 6.32. The minimum atomic E-state index is -0.913. The third-order valence-electron chi connectivity index (χ3n) is 2.09. The molecule has 1 amide bonds. The molecule has 2 N–H and O–H groups in total. The molecule has 0 aromatic carbocycles. The number of hydrogen-bond acceptors (Lipinski definition) is 4. The van der Waals surface area contributed by atoms with Crippen LogP contribution in [0.2, 0.25) is 0 Å². The largest absolute Gasteiger partial charge is 0.451 e. The van der Waals surface area contributed by atoms with Crippen molar-refractivity contribution in [1.82, 2.24) is 9.78 Å². The molecule has 1 heterocycles. The maximum atomic E-state index is 11.4. The minimum Gasteiger partial charge on any atom is -0.451 e. The second kappa shape index (κ2) is 4.78. The smallest absolute Gasteiger partial charge is 0.328 e. The van der Waals surface area contributed by atoms with E-state index in [1.54, 1.807) is 0 Å². The zero-order valence-electron chi connectivity index (χ0n) is 9.56. The van der Waals surface area contributed by atoms with Gasteiger partial charge in [-0.05, 0) is 26.8 Å². The monoisotopic (exact) mass is 225 g/mol. The number of ether oxygens (including phenoxy) is 1. The molecule has 0 saturated carbocycles. The van der Waals surface area contributed by atoms with Crippen LogP contribution in [0.15, 0.2) is 6.07 Å². The Balaban J connectivity index is 2.58. The molecule has 0 radical (unpaired) electrons. The van der Waals surface area contributed by atoms with Crippen molar-refractivity contribution in [2.45, 2.75) is 33.4 Å². The molecule has 0 bridgehead atoms. The van der Waals surface area contributed by atoms with Crippen molar-refractivity contribution < 1.29 is 14.3 Å². The molecule has 1 aromatic rings. The molecule has 16 heavy (non-hydrogen) atoms. The van der Waals surface area contributed by atoms with Crippen LogP contribution in [0.3, 0.4) is 0 Å². The van der Waals surface area contributed by atoms with Crippen LogP contribution in [0.1, 0.15) is 18.3 Å². The molecular weight excluding hydrogens is 210 g/mol. The van der Waals surface area contributed by atoms with E-state index >= 15 is 0 Å². The summed E-state index contributed by atoms with van der Waals surface area (Å²) in [7, 11) is 0. The van der Waals surface area contributed by atoms with E-state index in [0.29, 0.717) is 0 Å². The second-order valence-corrected chi connectivity index (χ2v) is 3.62. The van der Waals surface area contributed by atoms with Crippen molar-refractivity contribution in [2.75, 3.05) is 0 Å². The first-order valence-corrected chi connectivity index (χ1v) is 4.90. The lowest BCUT2D eigenvalue weighted by Crippen LogP contribution is -2.31. The van der Waals surface area contributed by atoms with Gasteiger partial charge in [0.05, 0.1) is 5.69 Å². The molecule has 1 atom stereocenters. The summed E-state index contributed by atoms with van der Waals surface area (Å²) in [5.41, 5.74) is 6.66. The molecule has 88 valence electrons. The highest BCUT2D eigenvalue weighted by Gasteiger charge is 2.15. The zero-order valence-corrected chi connectivity index (χ0v) is 9.56. The topological polar surface area (TPSA) is 87.2 Å². The van der Waals surface area contributed by atoms with Gasteiger partial charge in [-0.25, -0.2) is 0 Å². The molecule has 0 unspecified atom stereocenters. The van der Waals surface area contributed by atoms with Crippen LogP contribution in [0.25, 0.3) is 0 Å². The Morgan fingerprint density at radius 2 is 2.19 bits per heavy atom. The third-order valence-corrected chi connectivity index (χ3v) is 2.09. The molecule has 0 spiro atoms. The molecule has 0 saturated heterocycles. The molecule has 6 heteroatoms. The Labute approximate surface area is 93.4 Å². The van der Waals surface area contributed by atoms with Crippen LogP contribution in [0.4, 0.5) is 0 Å². The number of carbonyl (C=O) groups is 2. The number of nitrogens with two attached hydrogens (primary N) is 1. The third kappa shape index (κ3) is 3.08. The summed E-state index contributed by atoms with van der Waals surface area (Å²) in [5, 5.41) is 4.10. The molecule has 0 aliphatic carbocycles. The van der Waals surface area contributed by atoms with E-state index in [-0.39, 0.29) is 6.54 Å². The van der Waals surface area contributed by atoms with Gasteiger partial charge in [0, 0.05) is 5.69 Å². The lowest BCUT2D eigenvalue weighted by Gasteiger charge is -2.10. The predicted molar refractivity (Wildman–Crippen MR) is 56.4 cm³/mol. The quantitative estimate of drug-likeness (QED) is 0.726. The summed E-state index contributed by atoms with van der Waals surface area (Å²) in [6.45, 7) is 5.09. The molecule has 1 rings (SSSR count). The van der Waals surface area contributed by atoms with Gasteiger partial charge < -0.3 is 10.5 Å². The van der Waals surface area contributed by atoms with E-state index in [1.807, 2.05) is 19.9 Å². The summed E-state index contributed by atoms with van der Waals surface area (Å²) in [4.78, 5) is 22.1. The highest BCUT2D eigenvalue weighted by atomic mass is 16.5. The van der Waals surface area contributed by atoms with E-state index in [1.165, 1.54) is 11.6 Å². The minimum absolute atomic E-state index is 0.0166. The van der Waals surface area contributed by atoms with E-state index in [4.69, 9.17) is 10.5 Å². The maximum Gasteiger partial charge on any atom is 0.328 e. The zero-order chi connectivity index (χ0) is 12.3. The first kappa shape index (κ1) is 12.2. The number of aryl methyl sites for hydroxylation is 2. The lowest BCUT2D eigenvalue weighted by atomic mass is 10.4. The SMILES string of the molecule is Cc1cc(C)n(CC(=O)O[C@H](C)C(N)=O)n1. The number of aromatic nitrogens is 2. The first-order chi connectivity index (χ1) is 7.40. The summed E-state index contributed by atoms with van der Waals surface area (Å²) in [6, 6.07) is 1.85. The molecular formula is C10H15N3O3. The van der Waals surface area contributed by atoms with Crippen molar-refractivity contribution in [3.63, 3.8) is 0 Å². The van der Waals surface area contributed by atoms with Gasteiger partial charge in [0.25, 0.3) is 5.91 Å². The molecule has 0 aliphatic heterocycles. The van der Waals surface area contributed by atoms with Crippen LogP contribution in [-0.4, -0.2) is 27.8 Å². The number of esters is 1. The maximum absolute atomic E-state index is 11.4. The molecule has 6 nitrogen and oxygen atoms in total. The fourth-order valence-corrected chi connectivity index (χ4v) is 1.25. The Hall–Kier alpha value is -1.85. The lowest BCUT2D eigenvalue weighted by molar-refractivity contribution is -0.154. The summed E-state index contributed by atoms with van der Waals surface area (Å²) >= 11 is 0. The molecule has 1 aromatic heterocycles. The molecule has 0 fully saturated rings. The Morgan fingerprint density at radius 1 is 1.56 bits per heavy atom. The number of amides is 1. The van der Waals surface area contributed by atoms with Gasteiger partial charge in [0.2, 0.25) is 0 Å². The predicted octanol–water partition coefficient (Wildman–Crippen LogP) is -0.0831. The number of primary amides is 1. The van der Waals surface area contributed by atoms with Crippen molar-refractivity contribution in [3.05, 3.63) is 17.5 Å². The van der Waals surface area contributed by atoms with E-state index in [0.717, 1.165) is 11.4 Å². The number of hydrogen-bond donors (Lipinski definition) is 1. The van der Waals surface area contributed by atoms with Gasteiger partial charge in [-0.1, -0.05) is 0 Å². The summed E-state index contributed by atoms with van der Waals surface area (Å²) in [5.74, 6) is -1.20. The Bertz CT molecular complexity index is 411. The number of rotatable bonds is 4. The van der Waals surface area contributed by atoms with Gasteiger partial charge in [-0.3, -0.25) is 14.3 Å². The van der Waals surface area contributed by atoms with Crippen molar-refractivity contribution in [3.8, 4) is 0 Å². The fraction of sp³-hybridized carbons (Fsp3) is 0.500. The standard InChI is InChI=1S/C10H15N3O3/c1-6-4-7(2)13(12-6)5-9(14)16-8(3)10(11)15/h4,8H,5H2,1-3H3,(H2,11,15)/t8-/m1/s1. The van der Waals surface area contributed by atoms with Crippen molar-refractivity contribution >= 4 is 11.9 Å². The Kier molecular flexibility index (Phi) is 3.65. The van der Waals surface area contributed by atoms with E-state index < -0.39 is 18.0 Å². The van der Waals surface area contributed by atoms with Crippen LogP contribution in [-0.2, 0) is 20.9 Å². The highest BCUT2D eigenvalue weighted by Crippen LogP contribution is 2.02. The van der Waals surface area contributed by atoms with Crippen molar-refractivity contribution in [1.29, 1.82) is 0 Å². The fourth-order valence-electron chi connectivity index (χ4n) is 1.25. The van der Waals surface area contributed by atoms with Gasteiger partial charge in [-0.15, -0.1) is 0 Å². The number of nitrogens with zero attached hydrogens (tertiary/aromatic N) is 2. The Morgan fingerprint density at radius 3 is 2.62 bits per heavy atom. The van der Waals surface area contributed by atoms with E-state index in [2.05, 4.69) is 5.10 Å². The van der Waals surface area contributed by atoms with Gasteiger partial charge in [-0.2, -0.15) is 5.10 Å². The summed E-state index contributed by atoms with van der Waals surface area (Å²) in [6.07, 6.45) is -0.913. The van der Waals surface area contributed by atoms with Crippen LogP contribution in [0.5, 0.6) is 0 Å². The normalized spacial score (nSPS) is 12.2. The van der Waals surface area contributed by atoms with E-state index in [9.17, 15) is 9.59 Å². The average Bonchev–Trinajstić information content (AvgIpc) is 2.44. The average molecular weight is 225 g/mol. The van der Waals surface area contributed by atoms with Crippen LogP contribution < -0.4 is 5.73 Å². The van der Waals surface area contributed by atoms with Crippen LogP contribution >= 0.6 is 0 Å².